The zero-order valence-electron chi connectivity index (χ0n) is 9.22. The van der Waals surface area contributed by atoms with Crippen molar-refractivity contribution >= 4 is 11.6 Å². The van der Waals surface area contributed by atoms with Crippen molar-refractivity contribution in [2.24, 2.45) is 5.41 Å². The van der Waals surface area contributed by atoms with Gasteiger partial charge in [0.2, 0.25) is 0 Å². The van der Waals surface area contributed by atoms with Crippen molar-refractivity contribution < 1.29 is 0 Å². The van der Waals surface area contributed by atoms with Gasteiger partial charge in [-0.3, -0.25) is 0 Å². The zero-order valence-corrected chi connectivity index (χ0v) is 9.98. The van der Waals surface area contributed by atoms with Crippen molar-refractivity contribution in [3.63, 3.8) is 0 Å². The van der Waals surface area contributed by atoms with Crippen LogP contribution in [0.15, 0.2) is 24.3 Å². The van der Waals surface area contributed by atoms with Gasteiger partial charge in [0.05, 0.1) is 4.87 Å². The van der Waals surface area contributed by atoms with Gasteiger partial charge in [-0.1, -0.05) is 37.6 Å². The van der Waals surface area contributed by atoms with Gasteiger partial charge in [0, 0.05) is 0 Å². The molecule has 0 heterocycles. The van der Waals surface area contributed by atoms with Gasteiger partial charge in [-0.15, -0.1) is 11.6 Å². The summed E-state index contributed by atoms with van der Waals surface area (Å²) in [5, 5.41) is 0. The van der Waals surface area contributed by atoms with Gasteiger partial charge < -0.3 is 0 Å². The highest BCUT2D eigenvalue weighted by atomic mass is 35.5. The van der Waals surface area contributed by atoms with Crippen LogP contribution in [0.25, 0.3) is 0 Å². The molecule has 2 unspecified atom stereocenters. The van der Waals surface area contributed by atoms with Crippen LogP contribution < -0.4 is 0 Å². The molecule has 15 heavy (non-hydrogen) atoms. The van der Waals surface area contributed by atoms with Crippen LogP contribution in [0.5, 0.6) is 0 Å². The standard InChI is InChI=1S/C14H17Cl/c1-13-7-4-8-14(15,10-13)12-6-3-2-5-11(12)9-13/h2-3,5-6H,4,7-10H2,1H3. The Morgan fingerprint density at radius 3 is 2.87 bits per heavy atom. The molecule has 2 bridgehead atoms. The molecule has 0 aliphatic heterocycles. The Morgan fingerprint density at radius 2 is 2.00 bits per heavy atom. The molecular formula is C14H17Cl. The van der Waals surface area contributed by atoms with Crippen molar-refractivity contribution in [1.82, 2.24) is 0 Å². The lowest BCUT2D eigenvalue weighted by atomic mass is 9.61. The number of halogens is 1. The second-order valence-electron chi connectivity index (χ2n) is 5.64. The summed E-state index contributed by atoms with van der Waals surface area (Å²) in [5.74, 6) is 0. The largest absolute Gasteiger partial charge is 0.114 e. The highest BCUT2D eigenvalue weighted by Crippen LogP contribution is 2.56. The third-order valence-electron chi connectivity index (χ3n) is 4.18. The van der Waals surface area contributed by atoms with Gasteiger partial charge in [0.15, 0.2) is 0 Å². The Morgan fingerprint density at radius 1 is 1.20 bits per heavy atom. The predicted octanol–water partition coefficient (Wildman–Crippen LogP) is 4.26. The molecule has 1 aromatic carbocycles. The lowest BCUT2D eigenvalue weighted by Crippen LogP contribution is -2.40. The summed E-state index contributed by atoms with van der Waals surface area (Å²) in [6.45, 7) is 2.40. The molecule has 1 saturated carbocycles. The van der Waals surface area contributed by atoms with E-state index in [4.69, 9.17) is 11.6 Å². The molecule has 1 fully saturated rings. The van der Waals surface area contributed by atoms with Crippen LogP contribution >= 0.6 is 11.6 Å². The molecule has 1 heteroatoms. The number of alkyl halides is 1. The summed E-state index contributed by atoms with van der Waals surface area (Å²) < 4.78 is 0. The molecular weight excluding hydrogens is 204 g/mol. The lowest BCUT2D eigenvalue weighted by molar-refractivity contribution is 0.156. The fourth-order valence-electron chi connectivity index (χ4n) is 3.60. The van der Waals surface area contributed by atoms with E-state index in [1.54, 1.807) is 0 Å². The van der Waals surface area contributed by atoms with Crippen molar-refractivity contribution in [3.05, 3.63) is 35.4 Å². The number of fused-ring (bicyclic) bond motifs is 4. The molecule has 2 aliphatic carbocycles. The number of benzene rings is 1. The Kier molecular flexibility index (Phi) is 1.95. The summed E-state index contributed by atoms with van der Waals surface area (Å²) in [6, 6.07) is 8.76. The third kappa shape index (κ3) is 1.42. The Bertz CT molecular complexity index is 398. The van der Waals surface area contributed by atoms with Crippen molar-refractivity contribution in [2.45, 2.75) is 43.9 Å². The number of hydrogen-bond donors (Lipinski definition) is 0. The monoisotopic (exact) mass is 220 g/mol. The maximum absolute atomic E-state index is 6.83. The van der Waals surface area contributed by atoms with E-state index in [-0.39, 0.29) is 4.87 Å². The fourth-order valence-corrected chi connectivity index (χ4v) is 4.24. The van der Waals surface area contributed by atoms with Crippen LogP contribution in [0.1, 0.15) is 43.7 Å². The summed E-state index contributed by atoms with van der Waals surface area (Å²) in [5.41, 5.74) is 3.35. The second kappa shape index (κ2) is 3.01. The highest BCUT2D eigenvalue weighted by molar-refractivity contribution is 6.24. The predicted molar refractivity (Wildman–Crippen MR) is 64.3 cm³/mol. The Labute approximate surface area is 96.6 Å². The van der Waals surface area contributed by atoms with Crippen LogP contribution in [0, 0.1) is 5.41 Å². The lowest BCUT2D eigenvalue weighted by Gasteiger charge is -2.48. The SMILES string of the molecule is CC12CCCC(Cl)(C1)c1ccccc1C2. The fraction of sp³-hybridized carbons (Fsp3) is 0.571. The molecule has 80 valence electrons. The number of hydrogen-bond acceptors (Lipinski definition) is 0. The second-order valence-corrected chi connectivity index (χ2v) is 6.36. The molecule has 2 atom stereocenters. The highest BCUT2D eigenvalue weighted by Gasteiger charge is 2.46. The molecule has 0 radical (unpaired) electrons. The normalized spacial score (nSPS) is 38.5. The summed E-state index contributed by atoms with van der Waals surface area (Å²) >= 11 is 6.83. The average molecular weight is 221 g/mol. The minimum absolute atomic E-state index is 0.0537. The summed E-state index contributed by atoms with van der Waals surface area (Å²) in [6.07, 6.45) is 6.17. The van der Waals surface area contributed by atoms with Gasteiger partial charge in [-0.2, -0.15) is 0 Å². The van der Waals surface area contributed by atoms with E-state index in [0.29, 0.717) is 5.41 Å². The molecule has 1 aromatic rings. The van der Waals surface area contributed by atoms with Gasteiger partial charge >= 0.3 is 0 Å². The Balaban J connectivity index is 2.16. The smallest absolute Gasteiger partial charge is 0.0702 e. The first-order valence-corrected chi connectivity index (χ1v) is 6.27. The van der Waals surface area contributed by atoms with Gasteiger partial charge in [0.25, 0.3) is 0 Å². The maximum Gasteiger partial charge on any atom is 0.0702 e. The molecule has 0 N–H and O–H groups in total. The van der Waals surface area contributed by atoms with Crippen LogP contribution in [0.4, 0.5) is 0 Å². The summed E-state index contributed by atoms with van der Waals surface area (Å²) in [7, 11) is 0. The molecule has 0 aromatic heterocycles. The zero-order chi connectivity index (χ0) is 10.5. The van der Waals surface area contributed by atoms with Gasteiger partial charge in [-0.25, -0.2) is 0 Å². The average Bonchev–Trinajstić information content (AvgIpc) is 2.16. The molecule has 3 rings (SSSR count). The molecule has 0 nitrogen and oxygen atoms in total. The maximum atomic E-state index is 6.83. The van der Waals surface area contributed by atoms with E-state index < -0.39 is 0 Å². The third-order valence-corrected chi connectivity index (χ3v) is 4.70. The Hall–Kier alpha value is -0.490. The molecule has 0 saturated heterocycles. The van der Waals surface area contributed by atoms with Crippen LogP contribution in [0.2, 0.25) is 0 Å². The van der Waals surface area contributed by atoms with Crippen LogP contribution in [-0.4, -0.2) is 0 Å². The summed E-state index contributed by atoms with van der Waals surface area (Å²) in [4.78, 5) is -0.0537. The molecule has 0 amide bonds. The molecule has 2 aliphatic rings. The minimum Gasteiger partial charge on any atom is -0.114 e. The van der Waals surface area contributed by atoms with Crippen LogP contribution in [-0.2, 0) is 11.3 Å². The van der Waals surface area contributed by atoms with Crippen molar-refractivity contribution in [3.8, 4) is 0 Å². The van der Waals surface area contributed by atoms with Crippen molar-refractivity contribution in [1.29, 1.82) is 0 Å². The quantitative estimate of drug-likeness (QED) is 0.574. The molecule has 0 spiro atoms. The van der Waals surface area contributed by atoms with E-state index in [1.165, 1.54) is 36.8 Å². The van der Waals surface area contributed by atoms with Gasteiger partial charge in [-0.05, 0) is 42.2 Å². The number of rotatable bonds is 0. The first-order chi connectivity index (χ1) is 7.11. The van der Waals surface area contributed by atoms with E-state index >= 15 is 0 Å². The van der Waals surface area contributed by atoms with E-state index in [9.17, 15) is 0 Å². The first-order valence-electron chi connectivity index (χ1n) is 5.89. The van der Waals surface area contributed by atoms with Gasteiger partial charge in [0.1, 0.15) is 0 Å². The minimum atomic E-state index is -0.0537. The topological polar surface area (TPSA) is 0 Å². The van der Waals surface area contributed by atoms with Crippen LogP contribution in [0.3, 0.4) is 0 Å². The van der Waals surface area contributed by atoms with Crippen molar-refractivity contribution in [2.75, 3.05) is 0 Å². The van der Waals surface area contributed by atoms with E-state index in [0.717, 1.165) is 6.42 Å². The van der Waals surface area contributed by atoms with E-state index in [2.05, 4.69) is 31.2 Å². The van der Waals surface area contributed by atoms with E-state index in [1.807, 2.05) is 0 Å². The first kappa shape index (κ1) is 9.72.